The summed E-state index contributed by atoms with van der Waals surface area (Å²) in [5.41, 5.74) is 11.2. The summed E-state index contributed by atoms with van der Waals surface area (Å²) in [4.78, 5) is 0. The Morgan fingerprint density at radius 2 is 1.30 bits per heavy atom. The quantitative estimate of drug-likeness (QED) is 0.183. The number of halogens is 1. The second-order valence-corrected chi connectivity index (χ2v) is 11.4. The number of hydrogen-bond donors (Lipinski definition) is 1. The molecule has 1 aliphatic rings. The average molecular weight is 590 g/mol. The van der Waals surface area contributed by atoms with Crippen LogP contribution in [0.2, 0.25) is 0 Å². The molecule has 1 atom stereocenters. The molecular weight excluding hydrogens is 550 g/mol. The topological polar surface area (TPSA) is 30.5 Å². The lowest BCUT2D eigenvalue weighted by molar-refractivity contribution is 0.163. The Labute approximate surface area is 261 Å². The molecule has 6 rings (SSSR count). The van der Waals surface area contributed by atoms with Crippen molar-refractivity contribution in [2.75, 3.05) is 13.7 Å². The van der Waals surface area contributed by atoms with Crippen LogP contribution < -0.4 is 14.8 Å². The van der Waals surface area contributed by atoms with Gasteiger partial charge in [-0.1, -0.05) is 108 Å². The molecule has 0 radical (unpaired) electrons. The largest absolute Gasteiger partial charge is 0.493 e. The Morgan fingerprint density at radius 3 is 1.91 bits per heavy atom. The Kier molecular flexibility index (Phi) is 10.5. The van der Waals surface area contributed by atoms with Crippen molar-refractivity contribution in [3.05, 3.63) is 143 Å². The number of hydrogen-bond acceptors (Lipinski definition) is 3. The van der Waals surface area contributed by atoms with Gasteiger partial charge in [0, 0.05) is 19.0 Å². The summed E-state index contributed by atoms with van der Waals surface area (Å²) >= 11 is 5.81. The fourth-order valence-electron chi connectivity index (χ4n) is 5.30. The highest BCUT2D eigenvalue weighted by atomic mass is 35.5. The first-order valence-corrected chi connectivity index (χ1v) is 15.5. The third-order valence-electron chi connectivity index (χ3n) is 7.78. The van der Waals surface area contributed by atoms with E-state index >= 15 is 0 Å². The van der Waals surface area contributed by atoms with E-state index in [1.54, 1.807) is 7.11 Å². The summed E-state index contributed by atoms with van der Waals surface area (Å²) < 4.78 is 11.7. The molecule has 0 fully saturated rings. The predicted octanol–water partition coefficient (Wildman–Crippen LogP) is 9.55. The molecule has 5 aromatic rings. The van der Waals surface area contributed by atoms with E-state index in [0.717, 1.165) is 43.0 Å². The van der Waals surface area contributed by atoms with E-state index in [1.807, 2.05) is 24.3 Å². The number of ether oxygens (including phenoxy) is 2. The number of rotatable bonds is 8. The number of nitrogens with one attached hydrogen (secondary N) is 1. The van der Waals surface area contributed by atoms with Crippen LogP contribution in [0.3, 0.4) is 0 Å². The molecule has 5 aromatic carbocycles. The van der Waals surface area contributed by atoms with Crippen molar-refractivity contribution in [2.45, 2.75) is 45.2 Å². The molecule has 1 heterocycles. The molecule has 0 aromatic heterocycles. The maximum Gasteiger partial charge on any atom is 0.164 e. The zero-order valence-electron chi connectivity index (χ0n) is 25.3. The van der Waals surface area contributed by atoms with Gasteiger partial charge in [0.25, 0.3) is 0 Å². The van der Waals surface area contributed by atoms with Crippen LogP contribution in [0, 0.1) is 13.8 Å². The van der Waals surface area contributed by atoms with Crippen LogP contribution in [-0.4, -0.2) is 19.8 Å². The molecule has 4 heteroatoms. The lowest BCUT2D eigenvalue weighted by Gasteiger charge is -2.27. The van der Waals surface area contributed by atoms with Gasteiger partial charge in [-0.2, -0.15) is 0 Å². The Balaban J connectivity index is 0.000000207. The molecule has 0 aliphatic carbocycles. The van der Waals surface area contributed by atoms with Crippen molar-refractivity contribution in [1.82, 2.24) is 5.32 Å². The van der Waals surface area contributed by atoms with Crippen LogP contribution in [0.1, 0.15) is 34.2 Å². The van der Waals surface area contributed by atoms with Crippen molar-refractivity contribution < 1.29 is 9.47 Å². The van der Waals surface area contributed by atoms with Gasteiger partial charge in [-0.15, -0.1) is 11.6 Å². The van der Waals surface area contributed by atoms with Gasteiger partial charge < -0.3 is 14.8 Å². The third-order valence-corrected chi connectivity index (χ3v) is 8.09. The lowest BCUT2D eigenvalue weighted by atomic mass is 10.0. The van der Waals surface area contributed by atoms with Crippen LogP contribution in [0.25, 0.3) is 22.3 Å². The van der Waals surface area contributed by atoms with E-state index in [2.05, 4.69) is 110 Å². The fourth-order valence-corrected chi connectivity index (χ4v) is 5.47. The van der Waals surface area contributed by atoms with Crippen molar-refractivity contribution in [3.63, 3.8) is 0 Å². The maximum atomic E-state index is 6.21. The van der Waals surface area contributed by atoms with Crippen LogP contribution >= 0.6 is 11.6 Å². The van der Waals surface area contributed by atoms with Gasteiger partial charge >= 0.3 is 0 Å². The molecule has 0 saturated heterocycles. The molecule has 220 valence electrons. The summed E-state index contributed by atoms with van der Waals surface area (Å²) in [5.74, 6) is 2.30. The van der Waals surface area contributed by atoms with Crippen LogP contribution in [-0.2, 0) is 18.8 Å². The zero-order valence-corrected chi connectivity index (χ0v) is 26.0. The minimum atomic E-state index is 0.170. The van der Waals surface area contributed by atoms with Gasteiger partial charge in [0.15, 0.2) is 11.5 Å². The zero-order chi connectivity index (χ0) is 30.0. The van der Waals surface area contributed by atoms with E-state index in [4.69, 9.17) is 21.1 Å². The normalized spacial score (nSPS) is 13.7. The van der Waals surface area contributed by atoms with Gasteiger partial charge in [-0.3, -0.25) is 0 Å². The molecule has 3 nitrogen and oxygen atoms in total. The minimum Gasteiger partial charge on any atom is -0.493 e. The SMILES string of the molecule is COc1cccc2c1OC(CNCc1cccc(-c3ccc(C)cc3)c1)CC2.Cc1ccc(-c2cccc(CCl)c2)cc1. The molecule has 1 unspecified atom stereocenters. The van der Waals surface area contributed by atoms with E-state index in [9.17, 15) is 0 Å². The highest BCUT2D eigenvalue weighted by Gasteiger charge is 2.22. The van der Waals surface area contributed by atoms with Crippen molar-refractivity contribution in [3.8, 4) is 33.8 Å². The van der Waals surface area contributed by atoms with Gasteiger partial charge in [0.2, 0.25) is 0 Å². The van der Waals surface area contributed by atoms with E-state index < -0.39 is 0 Å². The first kappa shape index (κ1) is 30.4. The number of alkyl halides is 1. The third kappa shape index (κ3) is 8.28. The molecule has 0 amide bonds. The second-order valence-electron chi connectivity index (χ2n) is 11.1. The second kappa shape index (κ2) is 14.9. The predicted molar refractivity (Wildman–Crippen MR) is 180 cm³/mol. The first-order valence-electron chi connectivity index (χ1n) is 14.9. The number of aryl methyl sites for hydroxylation is 3. The Hall–Kier alpha value is -4.05. The van der Waals surface area contributed by atoms with E-state index in [-0.39, 0.29) is 6.10 Å². The molecule has 0 bridgehead atoms. The smallest absolute Gasteiger partial charge is 0.164 e. The summed E-state index contributed by atoms with van der Waals surface area (Å²) in [6.07, 6.45) is 2.22. The molecule has 0 saturated carbocycles. The highest BCUT2D eigenvalue weighted by molar-refractivity contribution is 6.17. The van der Waals surface area contributed by atoms with Gasteiger partial charge in [0.1, 0.15) is 6.10 Å². The number of benzene rings is 5. The lowest BCUT2D eigenvalue weighted by Crippen LogP contribution is -2.34. The molecule has 1 aliphatic heterocycles. The highest BCUT2D eigenvalue weighted by Crippen LogP contribution is 2.36. The summed E-state index contributed by atoms with van der Waals surface area (Å²) in [5, 5.41) is 3.56. The van der Waals surface area contributed by atoms with Crippen molar-refractivity contribution >= 4 is 11.6 Å². The summed E-state index contributed by atoms with van der Waals surface area (Å²) in [6.45, 7) is 5.87. The maximum absolute atomic E-state index is 6.21. The average Bonchev–Trinajstić information content (AvgIpc) is 3.05. The van der Waals surface area contributed by atoms with Gasteiger partial charge in [-0.05, 0) is 83.8 Å². The molecule has 43 heavy (non-hydrogen) atoms. The molecule has 1 N–H and O–H groups in total. The number of methoxy groups -OCH3 is 1. The van der Waals surface area contributed by atoms with E-state index in [0.29, 0.717) is 5.88 Å². The first-order chi connectivity index (χ1) is 21.0. The Morgan fingerprint density at radius 1 is 0.721 bits per heavy atom. The van der Waals surface area contributed by atoms with Gasteiger partial charge in [-0.25, -0.2) is 0 Å². The van der Waals surface area contributed by atoms with Crippen molar-refractivity contribution in [2.24, 2.45) is 0 Å². The van der Waals surface area contributed by atoms with Crippen LogP contribution in [0.4, 0.5) is 0 Å². The van der Waals surface area contributed by atoms with E-state index in [1.165, 1.54) is 44.5 Å². The fraction of sp³-hybridized carbons (Fsp3) is 0.231. The van der Waals surface area contributed by atoms with Crippen molar-refractivity contribution in [1.29, 1.82) is 0 Å². The minimum absolute atomic E-state index is 0.170. The Bertz CT molecular complexity index is 1600. The van der Waals surface area contributed by atoms with Crippen LogP contribution in [0.15, 0.2) is 115 Å². The number of fused-ring (bicyclic) bond motifs is 1. The molecular formula is C39H40ClNO2. The molecule has 0 spiro atoms. The van der Waals surface area contributed by atoms with Gasteiger partial charge in [0.05, 0.1) is 7.11 Å². The summed E-state index contributed by atoms with van der Waals surface area (Å²) in [6, 6.07) is 40.4. The summed E-state index contributed by atoms with van der Waals surface area (Å²) in [7, 11) is 1.70. The standard InChI is InChI=1S/C25H27NO2.C14H13Cl/c1-18-9-11-20(12-10-18)22-7-3-5-19(15-22)16-26-17-23-14-13-21-6-4-8-24(27-2)25(21)28-23;1-11-5-7-13(8-6-11)14-4-2-3-12(9-14)10-15/h3-12,15,23,26H,13-14,16-17H2,1-2H3;2-9H,10H2,1H3. The van der Waals surface area contributed by atoms with Crippen LogP contribution in [0.5, 0.6) is 11.5 Å². The number of para-hydroxylation sites is 1. The monoisotopic (exact) mass is 589 g/mol.